The van der Waals surface area contributed by atoms with E-state index in [2.05, 4.69) is 9.88 Å². The molecule has 0 spiro atoms. The van der Waals surface area contributed by atoms with Gasteiger partial charge in [-0.15, -0.1) is 11.8 Å². The summed E-state index contributed by atoms with van der Waals surface area (Å²) in [4.78, 5) is 19.5. The van der Waals surface area contributed by atoms with Crippen molar-refractivity contribution in [2.75, 3.05) is 32.8 Å². The molecule has 1 aliphatic heterocycles. The maximum Gasteiger partial charge on any atom is 0.348 e. The van der Waals surface area contributed by atoms with E-state index in [1.165, 1.54) is 17.8 Å². The molecule has 0 bridgehead atoms. The van der Waals surface area contributed by atoms with Crippen molar-refractivity contribution in [3.63, 3.8) is 0 Å². The van der Waals surface area contributed by atoms with Crippen molar-refractivity contribution in [2.45, 2.75) is 43.0 Å². The zero-order valence-electron chi connectivity index (χ0n) is 16.3. The standard InChI is InChI=1S/C21H25ClFN3O2S/c22-17-5-2-6-18(23)16(17)14-29-20-15-4-1-7-19(15)26(21(27)24-20)9-3-8-25-10-12-28-13-11-25/h2,5-6H,1,3-4,7-14H2. The summed E-state index contributed by atoms with van der Waals surface area (Å²) in [5.74, 6) is 0.0453. The molecule has 156 valence electrons. The summed E-state index contributed by atoms with van der Waals surface area (Å²) >= 11 is 7.55. The molecule has 1 aromatic carbocycles. The molecule has 0 N–H and O–H groups in total. The number of hydrogen-bond acceptors (Lipinski definition) is 5. The average molecular weight is 438 g/mol. The van der Waals surface area contributed by atoms with Crippen LogP contribution in [-0.2, 0) is 29.9 Å². The first kappa shape index (κ1) is 20.8. The predicted molar refractivity (Wildman–Crippen MR) is 113 cm³/mol. The molecule has 0 amide bonds. The van der Waals surface area contributed by atoms with E-state index in [-0.39, 0.29) is 11.5 Å². The third-order valence-electron chi connectivity index (χ3n) is 5.58. The van der Waals surface area contributed by atoms with Gasteiger partial charge in [0.2, 0.25) is 0 Å². The topological polar surface area (TPSA) is 47.4 Å². The highest BCUT2D eigenvalue weighted by Crippen LogP contribution is 2.33. The Morgan fingerprint density at radius 2 is 2.03 bits per heavy atom. The molecular formula is C21H25ClFN3O2S. The number of morpholine rings is 1. The summed E-state index contributed by atoms with van der Waals surface area (Å²) in [7, 11) is 0. The van der Waals surface area contributed by atoms with Crippen molar-refractivity contribution in [3.8, 4) is 0 Å². The Balaban J connectivity index is 1.47. The van der Waals surface area contributed by atoms with Crippen molar-refractivity contribution in [2.24, 2.45) is 0 Å². The van der Waals surface area contributed by atoms with Gasteiger partial charge in [0, 0.05) is 53.8 Å². The van der Waals surface area contributed by atoms with E-state index >= 15 is 0 Å². The number of ether oxygens (including phenoxy) is 1. The molecule has 1 saturated heterocycles. The summed E-state index contributed by atoms with van der Waals surface area (Å²) in [6, 6.07) is 4.69. The first-order chi connectivity index (χ1) is 14.1. The summed E-state index contributed by atoms with van der Waals surface area (Å²) in [5.41, 5.74) is 2.51. The largest absolute Gasteiger partial charge is 0.379 e. The third kappa shape index (κ3) is 4.85. The molecule has 8 heteroatoms. The van der Waals surface area contributed by atoms with Crippen LogP contribution in [0.15, 0.2) is 28.0 Å². The smallest absolute Gasteiger partial charge is 0.348 e. The van der Waals surface area contributed by atoms with Crippen LogP contribution in [0, 0.1) is 5.82 Å². The number of thioether (sulfide) groups is 1. The van der Waals surface area contributed by atoms with E-state index in [1.54, 1.807) is 12.1 Å². The van der Waals surface area contributed by atoms with Gasteiger partial charge >= 0.3 is 5.69 Å². The fourth-order valence-electron chi connectivity index (χ4n) is 4.02. The zero-order chi connectivity index (χ0) is 20.2. The normalized spacial score (nSPS) is 16.9. The Labute approximate surface area is 179 Å². The molecule has 1 aliphatic carbocycles. The van der Waals surface area contributed by atoms with Crippen molar-refractivity contribution >= 4 is 23.4 Å². The van der Waals surface area contributed by atoms with Gasteiger partial charge in [0.1, 0.15) is 10.8 Å². The van der Waals surface area contributed by atoms with Crippen LogP contribution in [0.25, 0.3) is 0 Å². The van der Waals surface area contributed by atoms with E-state index in [0.29, 0.717) is 22.9 Å². The maximum atomic E-state index is 14.1. The second-order valence-corrected chi connectivity index (χ2v) is 8.80. The highest BCUT2D eigenvalue weighted by molar-refractivity contribution is 7.98. The molecule has 0 unspecified atom stereocenters. The molecule has 1 aromatic heterocycles. The monoisotopic (exact) mass is 437 g/mol. The van der Waals surface area contributed by atoms with Crippen molar-refractivity contribution in [1.29, 1.82) is 0 Å². The van der Waals surface area contributed by atoms with E-state index in [0.717, 1.165) is 74.8 Å². The van der Waals surface area contributed by atoms with Gasteiger partial charge in [-0.05, 0) is 37.8 Å². The number of benzene rings is 1. The minimum absolute atomic E-state index is 0.199. The van der Waals surface area contributed by atoms with E-state index in [9.17, 15) is 9.18 Å². The van der Waals surface area contributed by atoms with Gasteiger partial charge in [0.25, 0.3) is 0 Å². The van der Waals surface area contributed by atoms with Gasteiger partial charge in [-0.1, -0.05) is 17.7 Å². The molecule has 29 heavy (non-hydrogen) atoms. The summed E-state index contributed by atoms with van der Waals surface area (Å²) in [6.45, 7) is 5.14. The van der Waals surface area contributed by atoms with Gasteiger partial charge < -0.3 is 4.74 Å². The van der Waals surface area contributed by atoms with Crippen molar-refractivity contribution < 1.29 is 9.13 Å². The Bertz CT molecular complexity index is 911. The second-order valence-electron chi connectivity index (χ2n) is 7.43. The molecule has 2 aliphatic rings. The number of aromatic nitrogens is 2. The Morgan fingerprint density at radius 3 is 2.83 bits per heavy atom. The van der Waals surface area contributed by atoms with E-state index in [1.807, 2.05) is 4.57 Å². The molecule has 4 rings (SSSR count). The second kappa shape index (κ2) is 9.60. The predicted octanol–water partition coefficient (Wildman–Crippen LogP) is 3.54. The first-order valence-corrected chi connectivity index (χ1v) is 11.5. The van der Waals surface area contributed by atoms with Gasteiger partial charge in [-0.25, -0.2) is 9.18 Å². The van der Waals surface area contributed by atoms with Crippen LogP contribution in [0.3, 0.4) is 0 Å². The lowest BCUT2D eigenvalue weighted by Crippen LogP contribution is -2.37. The number of fused-ring (bicyclic) bond motifs is 1. The highest BCUT2D eigenvalue weighted by Gasteiger charge is 2.22. The average Bonchev–Trinajstić information content (AvgIpc) is 3.20. The lowest BCUT2D eigenvalue weighted by atomic mass is 10.2. The molecule has 0 radical (unpaired) electrons. The maximum absolute atomic E-state index is 14.1. The van der Waals surface area contributed by atoms with Gasteiger partial charge in [-0.2, -0.15) is 4.98 Å². The van der Waals surface area contributed by atoms with Crippen LogP contribution in [0.2, 0.25) is 5.02 Å². The van der Waals surface area contributed by atoms with Crippen LogP contribution in [-0.4, -0.2) is 47.3 Å². The number of halogens is 2. The molecule has 5 nitrogen and oxygen atoms in total. The fraction of sp³-hybridized carbons (Fsp3) is 0.524. The third-order valence-corrected chi connectivity index (χ3v) is 6.97. The lowest BCUT2D eigenvalue weighted by Gasteiger charge is -2.26. The molecule has 1 fully saturated rings. The van der Waals surface area contributed by atoms with Gasteiger partial charge in [0.05, 0.1) is 13.2 Å². The van der Waals surface area contributed by atoms with Crippen LogP contribution in [0.1, 0.15) is 29.7 Å². The van der Waals surface area contributed by atoms with E-state index in [4.69, 9.17) is 16.3 Å². The van der Waals surface area contributed by atoms with Crippen LogP contribution in [0.4, 0.5) is 4.39 Å². The first-order valence-electron chi connectivity index (χ1n) is 10.1. The molecule has 2 aromatic rings. The Morgan fingerprint density at radius 1 is 1.21 bits per heavy atom. The van der Waals surface area contributed by atoms with Gasteiger partial charge in [0.15, 0.2) is 0 Å². The molecule has 0 atom stereocenters. The molecular weight excluding hydrogens is 413 g/mol. The zero-order valence-corrected chi connectivity index (χ0v) is 17.9. The SMILES string of the molecule is O=c1nc(SCc2c(F)cccc2Cl)c2c(n1CCCN1CCOCC1)CCC2. The van der Waals surface area contributed by atoms with Crippen LogP contribution < -0.4 is 5.69 Å². The minimum Gasteiger partial charge on any atom is -0.379 e. The lowest BCUT2D eigenvalue weighted by molar-refractivity contribution is 0.0368. The fourth-order valence-corrected chi connectivity index (χ4v) is 5.44. The Hall–Kier alpha value is -1.41. The summed E-state index contributed by atoms with van der Waals surface area (Å²) < 4.78 is 21.3. The van der Waals surface area contributed by atoms with Crippen molar-refractivity contribution in [1.82, 2.24) is 14.5 Å². The number of rotatable bonds is 7. The van der Waals surface area contributed by atoms with Crippen LogP contribution in [0.5, 0.6) is 0 Å². The van der Waals surface area contributed by atoms with Crippen molar-refractivity contribution in [3.05, 3.63) is 56.3 Å². The summed E-state index contributed by atoms with van der Waals surface area (Å²) in [5, 5.41) is 1.14. The minimum atomic E-state index is -0.321. The quantitative estimate of drug-likeness (QED) is 0.489. The number of hydrogen-bond donors (Lipinski definition) is 0. The van der Waals surface area contributed by atoms with E-state index < -0.39 is 0 Å². The number of nitrogens with zero attached hydrogens (tertiary/aromatic N) is 3. The highest BCUT2D eigenvalue weighted by atomic mass is 35.5. The van der Waals surface area contributed by atoms with Gasteiger partial charge in [-0.3, -0.25) is 9.47 Å². The van der Waals surface area contributed by atoms with Crippen LogP contribution >= 0.6 is 23.4 Å². The molecule has 2 heterocycles. The Kier molecular flexibility index (Phi) is 6.90. The summed E-state index contributed by atoms with van der Waals surface area (Å²) in [6.07, 6.45) is 3.77. The molecule has 0 saturated carbocycles.